The molecule has 0 unspecified atom stereocenters. The van der Waals surface area contributed by atoms with Crippen molar-refractivity contribution in [2.75, 3.05) is 11.9 Å². The maximum absolute atomic E-state index is 6.00. The van der Waals surface area contributed by atoms with E-state index in [4.69, 9.17) is 11.6 Å². The summed E-state index contributed by atoms with van der Waals surface area (Å²) in [6.07, 6.45) is 2.96. The maximum atomic E-state index is 6.00. The number of benzene rings is 1. The minimum atomic E-state index is 0.0816. The molecule has 1 aromatic heterocycles. The predicted molar refractivity (Wildman–Crippen MR) is 84.1 cm³/mol. The Morgan fingerprint density at radius 3 is 2.42 bits per heavy atom. The first-order valence-electron chi connectivity index (χ1n) is 6.67. The van der Waals surface area contributed by atoms with Gasteiger partial charge >= 0.3 is 0 Å². The average molecular weight is 277 g/mol. The molecule has 0 atom stereocenters. The van der Waals surface area contributed by atoms with Crippen LogP contribution in [-0.2, 0) is 5.88 Å². The SMILES string of the molecule is CCC(C)(C)N(C)c1ncc(CCl)c2ccccc12. The third kappa shape index (κ3) is 2.55. The summed E-state index contributed by atoms with van der Waals surface area (Å²) in [7, 11) is 2.11. The molecule has 2 aromatic rings. The number of rotatable bonds is 4. The quantitative estimate of drug-likeness (QED) is 0.759. The molecule has 3 heteroatoms. The summed E-state index contributed by atoms with van der Waals surface area (Å²) < 4.78 is 0. The van der Waals surface area contributed by atoms with Crippen LogP contribution in [0.1, 0.15) is 32.8 Å². The van der Waals surface area contributed by atoms with E-state index in [-0.39, 0.29) is 5.54 Å². The van der Waals surface area contributed by atoms with Crippen molar-refractivity contribution in [1.29, 1.82) is 0 Å². The summed E-state index contributed by atoms with van der Waals surface area (Å²) in [5, 5.41) is 2.37. The van der Waals surface area contributed by atoms with Crippen LogP contribution in [0.2, 0.25) is 0 Å². The lowest BCUT2D eigenvalue weighted by Crippen LogP contribution is -2.41. The van der Waals surface area contributed by atoms with E-state index >= 15 is 0 Å². The number of hydrogen-bond donors (Lipinski definition) is 0. The molecule has 0 N–H and O–H groups in total. The molecule has 0 aliphatic rings. The van der Waals surface area contributed by atoms with Crippen LogP contribution in [0.25, 0.3) is 10.8 Å². The van der Waals surface area contributed by atoms with Crippen LogP contribution in [0.15, 0.2) is 30.5 Å². The van der Waals surface area contributed by atoms with E-state index in [2.05, 4.69) is 55.9 Å². The fourth-order valence-electron chi connectivity index (χ4n) is 2.13. The van der Waals surface area contributed by atoms with Crippen molar-refractivity contribution in [2.24, 2.45) is 0 Å². The van der Waals surface area contributed by atoms with Gasteiger partial charge in [0.05, 0.1) is 0 Å². The molecule has 0 saturated heterocycles. The standard InChI is InChI=1S/C16H21ClN2/c1-5-16(2,3)19(4)15-14-9-7-6-8-13(14)12(10-17)11-18-15/h6-9,11H,5,10H2,1-4H3. The van der Waals surface area contributed by atoms with Gasteiger partial charge in [0.1, 0.15) is 5.82 Å². The number of halogens is 1. The molecule has 0 fully saturated rings. The fourth-order valence-corrected chi connectivity index (χ4v) is 2.35. The van der Waals surface area contributed by atoms with Crippen molar-refractivity contribution >= 4 is 28.2 Å². The maximum Gasteiger partial charge on any atom is 0.136 e. The molecule has 19 heavy (non-hydrogen) atoms. The molecule has 0 radical (unpaired) electrons. The molecule has 0 spiro atoms. The zero-order chi connectivity index (χ0) is 14.0. The third-order valence-electron chi connectivity index (χ3n) is 4.09. The van der Waals surface area contributed by atoms with Gasteiger partial charge in [0.25, 0.3) is 0 Å². The average Bonchev–Trinajstić information content (AvgIpc) is 2.45. The lowest BCUT2D eigenvalue weighted by Gasteiger charge is -2.36. The first-order valence-corrected chi connectivity index (χ1v) is 7.21. The van der Waals surface area contributed by atoms with Crippen LogP contribution in [0.3, 0.4) is 0 Å². The van der Waals surface area contributed by atoms with E-state index in [1.807, 2.05) is 12.3 Å². The molecule has 2 nitrogen and oxygen atoms in total. The number of nitrogens with zero attached hydrogens (tertiary/aromatic N) is 2. The highest BCUT2D eigenvalue weighted by molar-refractivity contribution is 6.18. The van der Waals surface area contributed by atoms with E-state index in [9.17, 15) is 0 Å². The Hall–Kier alpha value is -1.28. The molecule has 0 amide bonds. The lowest BCUT2D eigenvalue weighted by molar-refractivity contribution is 0.468. The predicted octanol–water partition coefficient (Wildman–Crippen LogP) is 4.60. The van der Waals surface area contributed by atoms with Crippen molar-refractivity contribution in [3.8, 4) is 0 Å². The van der Waals surface area contributed by atoms with Crippen LogP contribution in [0.4, 0.5) is 5.82 Å². The van der Waals surface area contributed by atoms with E-state index in [0.717, 1.165) is 17.8 Å². The van der Waals surface area contributed by atoms with Crippen molar-refractivity contribution < 1.29 is 0 Å². The Balaban J connectivity index is 2.63. The Morgan fingerprint density at radius 1 is 1.21 bits per heavy atom. The smallest absolute Gasteiger partial charge is 0.136 e. The van der Waals surface area contributed by atoms with Gasteiger partial charge in [-0.15, -0.1) is 11.6 Å². The highest BCUT2D eigenvalue weighted by Crippen LogP contribution is 2.31. The van der Waals surface area contributed by atoms with E-state index in [0.29, 0.717) is 5.88 Å². The van der Waals surface area contributed by atoms with Crippen molar-refractivity contribution in [3.63, 3.8) is 0 Å². The molecule has 0 aliphatic heterocycles. The summed E-state index contributed by atoms with van der Waals surface area (Å²) in [6.45, 7) is 6.67. The zero-order valence-corrected chi connectivity index (χ0v) is 12.8. The molecule has 0 aliphatic carbocycles. The first-order chi connectivity index (χ1) is 9.01. The second-order valence-corrected chi connectivity index (χ2v) is 5.78. The van der Waals surface area contributed by atoms with Crippen LogP contribution in [0.5, 0.6) is 0 Å². The van der Waals surface area contributed by atoms with Crippen molar-refractivity contribution in [3.05, 3.63) is 36.0 Å². The van der Waals surface area contributed by atoms with Gasteiger partial charge in [-0.25, -0.2) is 4.98 Å². The Kier molecular flexibility index (Phi) is 4.00. The molecule has 0 saturated carbocycles. The molecule has 0 bridgehead atoms. The lowest BCUT2D eigenvalue weighted by atomic mass is 9.98. The molecular weight excluding hydrogens is 256 g/mol. The van der Waals surface area contributed by atoms with Crippen LogP contribution in [0, 0.1) is 0 Å². The van der Waals surface area contributed by atoms with Crippen LogP contribution in [-0.4, -0.2) is 17.6 Å². The highest BCUT2D eigenvalue weighted by atomic mass is 35.5. The summed E-state index contributed by atoms with van der Waals surface area (Å²) in [5.41, 5.74) is 1.17. The molecule has 1 heterocycles. The minimum Gasteiger partial charge on any atom is -0.354 e. The number of aromatic nitrogens is 1. The second kappa shape index (κ2) is 5.38. The van der Waals surface area contributed by atoms with E-state index in [1.54, 1.807) is 0 Å². The summed E-state index contributed by atoms with van der Waals surface area (Å²) in [6, 6.07) is 8.34. The second-order valence-electron chi connectivity index (χ2n) is 5.51. The van der Waals surface area contributed by atoms with Gasteiger partial charge in [0.2, 0.25) is 0 Å². The monoisotopic (exact) mass is 276 g/mol. The van der Waals surface area contributed by atoms with Gasteiger partial charge in [-0.1, -0.05) is 31.2 Å². The minimum absolute atomic E-state index is 0.0816. The van der Waals surface area contributed by atoms with Crippen LogP contribution < -0.4 is 4.90 Å². The highest BCUT2D eigenvalue weighted by Gasteiger charge is 2.24. The van der Waals surface area contributed by atoms with Crippen molar-refractivity contribution in [1.82, 2.24) is 4.98 Å². The van der Waals surface area contributed by atoms with Gasteiger partial charge < -0.3 is 4.90 Å². The Labute approximate surface area is 120 Å². The van der Waals surface area contributed by atoms with Gasteiger partial charge in [0.15, 0.2) is 0 Å². The normalized spacial score (nSPS) is 11.8. The zero-order valence-electron chi connectivity index (χ0n) is 12.1. The third-order valence-corrected chi connectivity index (χ3v) is 4.38. The topological polar surface area (TPSA) is 16.1 Å². The summed E-state index contributed by atoms with van der Waals surface area (Å²) >= 11 is 6.00. The van der Waals surface area contributed by atoms with Crippen LogP contribution >= 0.6 is 11.6 Å². The van der Waals surface area contributed by atoms with Gasteiger partial charge in [-0.05, 0) is 31.2 Å². The fraction of sp³-hybridized carbons (Fsp3) is 0.438. The van der Waals surface area contributed by atoms with Gasteiger partial charge in [0, 0.05) is 30.0 Å². The van der Waals surface area contributed by atoms with Crippen molar-refractivity contribution in [2.45, 2.75) is 38.6 Å². The number of anilines is 1. The Morgan fingerprint density at radius 2 is 1.84 bits per heavy atom. The summed E-state index contributed by atoms with van der Waals surface area (Å²) in [5.74, 6) is 1.52. The van der Waals surface area contributed by atoms with E-state index in [1.165, 1.54) is 10.8 Å². The molecule has 1 aromatic carbocycles. The largest absolute Gasteiger partial charge is 0.354 e. The molecule has 102 valence electrons. The molecular formula is C16H21ClN2. The Bertz CT molecular complexity index is 578. The number of pyridine rings is 1. The number of hydrogen-bond acceptors (Lipinski definition) is 2. The molecule has 2 rings (SSSR count). The number of fused-ring (bicyclic) bond motifs is 1. The van der Waals surface area contributed by atoms with E-state index < -0.39 is 0 Å². The summed E-state index contributed by atoms with van der Waals surface area (Å²) in [4.78, 5) is 6.89. The number of alkyl halides is 1. The first kappa shape index (κ1) is 14.1. The van der Waals surface area contributed by atoms with Gasteiger partial charge in [-0.2, -0.15) is 0 Å². The van der Waals surface area contributed by atoms with Gasteiger partial charge in [-0.3, -0.25) is 0 Å².